The highest BCUT2D eigenvalue weighted by molar-refractivity contribution is 7.89. The Kier molecular flexibility index (Phi) is 7.93. The maximum atomic E-state index is 13.4. The van der Waals surface area contributed by atoms with Crippen LogP contribution in [0, 0.1) is 5.82 Å². The number of hydrogen-bond donors (Lipinski definition) is 1. The number of halogens is 1. The van der Waals surface area contributed by atoms with Crippen LogP contribution < -0.4 is 4.72 Å². The van der Waals surface area contributed by atoms with Crippen LogP contribution in [0.2, 0.25) is 0 Å². The summed E-state index contributed by atoms with van der Waals surface area (Å²) in [7, 11) is -2.12. The number of nitrogens with zero attached hydrogens (tertiary/aromatic N) is 1. The van der Waals surface area contributed by atoms with Crippen LogP contribution in [0.25, 0.3) is 0 Å². The molecule has 3 aromatic rings. The molecule has 3 aromatic carbocycles. The maximum Gasteiger partial charge on any atom is 0.254 e. The molecule has 1 atom stereocenters. The fraction of sp³-hybridized carbons (Fsp3) is 0.259. The number of ketones is 1. The van der Waals surface area contributed by atoms with Gasteiger partial charge in [-0.05, 0) is 53.9 Å². The molecule has 1 aliphatic heterocycles. The van der Waals surface area contributed by atoms with E-state index in [0.717, 1.165) is 5.56 Å². The van der Waals surface area contributed by atoms with E-state index in [1.54, 1.807) is 19.2 Å². The number of rotatable bonds is 10. The summed E-state index contributed by atoms with van der Waals surface area (Å²) in [6.45, 7) is 0.692. The van der Waals surface area contributed by atoms with E-state index in [1.807, 2.05) is 30.3 Å². The molecule has 0 aromatic heterocycles. The molecule has 9 heteroatoms. The van der Waals surface area contributed by atoms with Crippen LogP contribution in [0.15, 0.2) is 83.8 Å². The Morgan fingerprint density at radius 2 is 1.61 bits per heavy atom. The van der Waals surface area contributed by atoms with Crippen molar-refractivity contribution in [1.29, 1.82) is 0 Å². The molecular weight excluding hydrogens is 483 g/mol. The van der Waals surface area contributed by atoms with Crippen molar-refractivity contribution in [3.63, 3.8) is 0 Å². The van der Waals surface area contributed by atoms with E-state index in [-0.39, 0.29) is 28.7 Å². The molecule has 36 heavy (non-hydrogen) atoms. The zero-order chi connectivity index (χ0) is 25.7. The highest BCUT2D eigenvalue weighted by atomic mass is 32.2. The van der Waals surface area contributed by atoms with Gasteiger partial charge < -0.3 is 9.64 Å². The largest absolute Gasteiger partial charge is 0.378 e. The van der Waals surface area contributed by atoms with Crippen LogP contribution in [0.3, 0.4) is 0 Å². The summed E-state index contributed by atoms with van der Waals surface area (Å²) in [6.07, 6.45) is 0.325. The minimum atomic E-state index is -3.68. The number of nitrogens with one attached hydrogen (secondary N) is 1. The Morgan fingerprint density at radius 1 is 0.972 bits per heavy atom. The zero-order valence-corrected chi connectivity index (χ0v) is 20.6. The summed E-state index contributed by atoms with van der Waals surface area (Å²) in [6, 6.07) is 19.7. The molecule has 1 N–H and O–H groups in total. The lowest BCUT2D eigenvalue weighted by Crippen LogP contribution is -2.48. The molecule has 1 heterocycles. The van der Waals surface area contributed by atoms with Crippen molar-refractivity contribution in [3.8, 4) is 0 Å². The van der Waals surface area contributed by atoms with Crippen LogP contribution in [0.4, 0.5) is 4.39 Å². The second-order valence-electron chi connectivity index (χ2n) is 8.77. The average Bonchev–Trinajstić information content (AvgIpc) is 2.85. The summed E-state index contributed by atoms with van der Waals surface area (Å²) >= 11 is 0. The van der Waals surface area contributed by atoms with Gasteiger partial charge in [-0.3, -0.25) is 9.59 Å². The van der Waals surface area contributed by atoms with Crippen LogP contribution in [-0.4, -0.2) is 57.4 Å². The van der Waals surface area contributed by atoms with Gasteiger partial charge in [0.15, 0.2) is 5.78 Å². The molecule has 1 fully saturated rings. The Balaban J connectivity index is 1.51. The van der Waals surface area contributed by atoms with E-state index >= 15 is 0 Å². The van der Waals surface area contributed by atoms with Gasteiger partial charge in [0.2, 0.25) is 10.0 Å². The van der Waals surface area contributed by atoms with E-state index in [4.69, 9.17) is 4.74 Å². The van der Waals surface area contributed by atoms with Crippen molar-refractivity contribution < 1.29 is 27.1 Å². The number of carbonyl (C=O) groups is 2. The van der Waals surface area contributed by atoms with Crippen LogP contribution >= 0.6 is 0 Å². The van der Waals surface area contributed by atoms with E-state index in [2.05, 4.69) is 4.72 Å². The van der Waals surface area contributed by atoms with Crippen molar-refractivity contribution in [2.45, 2.75) is 29.8 Å². The fourth-order valence-corrected chi connectivity index (χ4v) is 5.14. The molecule has 0 unspecified atom stereocenters. The molecule has 0 aliphatic carbocycles. The van der Waals surface area contributed by atoms with Crippen LogP contribution in [-0.2, 0) is 32.4 Å². The van der Waals surface area contributed by atoms with Gasteiger partial charge in [-0.1, -0.05) is 42.5 Å². The van der Waals surface area contributed by atoms with E-state index in [0.29, 0.717) is 25.2 Å². The lowest BCUT2D eigenvalue weighted by Gasteiger charge is -2.28. The third-order valence-electron chi connectivity index (χ3n) is 6.09. The third-order valence-corrected chi connectivity index (χ3v) is 7.63. The molecule has 0 bridgehead atoms. The summed E-state index contributed by atoms with van der Waals surface area (Å²) in [5, 5.41) is 0. The number of likely N-dealkylation sites (N-methyl/N-ethyl adjacent to an activating group) is 1. The van der Waals surface area contributed by atoms with Crippen LogP contribution in [0.1, 0.15) is 21.5 Å². The number of Topliss-reactive ketones (excluding diaryl/α,β-unsaturated/α-hetero) is 1. The molecule has 188 valence electrons. The van der Waals surface area contributed by atoms with Crippen molar-refractivity contribution in [2.24, 2.45) is 0 Å². The Morgan fingerprint density at radius 3 is 2.19 bits per heavy atom. The quantitative estimate of drug-likeness (QED) is 0.453. The Hall–Kier alpha value is -3.40. The van der Waals surface area contributed by atoms with Gasteiger partial charge in [0.1, 0.15) is 5.82 Å². The number of hydrogen-bond acceptors (Lipinski definition) is 5. The summed E-state index contributed by atoms with van der Waals surface area (Å²) < 4.78 is 45.9. The standard InChI is InChI=1S/C27H27FN2O5S/c1-30(27(32)21-9-11-22(28)12-10-21)25(15-19-5-3-2-4-6-19)26(31)16-20-7-13-24(14-8-20)36(33,34)29-23-17-35-18-23/h2-14,23,25,29H,15-18H2,1H3/t25-/m0/s1. The molecule has 4 rings (SSSR count). The van der Waals surface area contributed by atoms with Gasteiger partial charge >= 0.3 is 0 Å². The van der Waals surface area contributed by atoms with Gasteiger partial charge in [0.25, 0.3) is 5.91 Å². The Bertz CT molecular complexity index is 1310. The molecule has 0 saturated carbocycles. The lowest BCUT2D eigenvalue weighted by atomic mass is 9.96. The minimum absolute atomic E-state index is 0.0166. The molecule has 0 radical (unpaired) electrons. The predicted octanol–water partition coefficient (Wildman–Crippen LogP) is 3.00. The van der Waals surface area contributed by atoms with Crippen LogP contribution in [0.5, 0.6) is 0 Å². The summed E-state index contributed by atoms with van der Waals surface area (Å²) in [5.41, 5.74) is 1.80. The SMILES string of the molecule is CN(C(=O)c1ccc(F)cc1)[C@@H](Cc1ccccc1)C(=O)Cc1ccc(S(=O)(=O)NC2COC2)cc1. The van der Waals surface area contributed by atoms with Gasteiger partial charge in [-0.2, -0.15) is 0 Å². The lowest BCUT2D eigenvalue weighted by molar-refractivity contribution is -0.122. The normalized spacial score (nSPS) is 14.6. The van der Waals surface area contributed by atoms with Crippen molar-refractivity contribution in [2.75, 3.05) is 20.3 Å². The minimum Gasteiger partial charge on any atom is -0.378 e. The van der Waals surface area contributed by atoms with Gasteiger partial charge in [-0.15, -0.1) is 0 Å². The number of carbonyl (C=O) groups excluding carboxylic acids is 2. The Labute approximate surface area is 209 Å². The first-order valence-electron chi connectivity index (χ1n) is 11.5. The van der Waals surface area contributed by atoms with Gasteiger partial charge in [0, 0.05) is 19.0 Å². The highest BCUT2D eigenvalue weighted by Gasteiger charge is 2.29. The molecule has 1 amide bonds. The number of benzene rings is 3. The molecule has 7 nitrogen and oxygen atoms in total. The summed E-state index contributed by atoms with van der Waals surface area (Å²) in [5.74, 6) is -1.04. The number of amides is 1. The zero-order valence-electron chi connectivity index (χ0n) is 19.8. The predicted molar refractivity (Wildman–Crippen MR) is 133 cm³/mol. The fourth-order valence-electron chi connectivity index (χ4n) is 3.94. The first kappa shape index (κ1) is 25.7. The van der Waals surface area contributed by atoms with Gasteiger partial charge in [0.05, 0.1) is 30.2 Å². The topological polar surface area (TPSA) is 92.8 Å². The monoisotopic (exact) mass is 510 g/mol. The maximum absolute atomic E-state index is 13.4. The van der Waals surface area contributed by atoms with Crippen molar-refractivity contribution >= 4 is 21.7 Å². The van der Waals surface area contributed by atoms with E-state index < -0.39 is 27.8 Å². The van der Waals surface area contributed by atoms with E-state index in [1.165, 1.54) is 41.3 Å². The van der Waals surface area contributed by atoms with Crippen molar-refractivity contribution in [3.05, 3.63) is 101 Å². The van der Waals surface area contributed by atoms with Crippen molar-refractivity contribution in [1.82, 2.24) is 9.62 Å². The highest BCUT2D eigenvalue weighted by Crippen LogP contribution is 2.18. The smallest absolute Gasteiger partial charge is 0.254 e. The summed E-state index contributed by atoms with van der Waals surface area (Å²) in [4.78, 5) is 28.0. The molecule has 1 saturated heterocycles. The number of ether oxygens (including phenoxy) is 1. The first-order chi connectivity index (χ1) is 17.2. The molecule has 0 spiro atoms. The first-order valence-corrected chi connectivity index (χ1v) is 13.0. The second kappa shape index (κ2) is 11.1. The number of sulfonamides is 1. The van der Waals surface area contributed by atoms with Gasteiger partial charge in [-0.25, -0.2) is 17.5 Å². The second-order valence-corrected chi connectivity index (χ2v) is 10.5. The average molecular weight is 511 g/mol. The third kappa shape index (κ3) is 6.23. The molecule has 1 aliphatic rings. The molecular formula is C27H27FN2O5S. The van der Waals surface area contributed by atoms with E-state index in [9.17, 15) is 22.4 Å².